The molecule has 1 aliphatic rings. The van der Waals surface area contributed by atoms with Crippen LogP contribution in [0.1, 0.15) is 25.7 Å². The van der Waals surface area contributed by atoms with Crippen LogP contribution in [0, 0.1) is 5.92 Å². The zero-order valence-electron chi connectivity index (χ0n) is 12.7. The van der Waals surface area contributed by atoms with Crippen LogP contribution in [0.4, 0.5) is 5.69 Å². The van der Waals surface area contributed by atoms with Crippen LogP contribution in [0.2, 0.25) is 0 Å². The highest BCUT2D eigenvalue weighted by atomic mass is 32.2. The molecule has 0 bridgehead atoms. The van der Waals surface area contributed by atoms with Crippen LogP contribution in [0.3, 0.4) is 0 Å². The van der Waals surface area contributed by atoms with E-state index in [0.717, 1.165) is 12.1 Å². The van der Waals surface area contributed by atoms with Crippen molar-refractivity contribution in [3.8, 4) is 0 Å². The van der Waals surface area contributed by atoms with Crippen LogP contribution >= 0.6 is 0 Å². The number of hydrogen-bond acceptors (Lipinski definition) is 4. The molecule has 118 valence electrons. The summed E-state index contributed by atoms with van der Waals surface area (Å²) < 4.78 is 25.3. The highest BCUT2D eigenvalue weighted by molar-refractivity contribution is 7.89. The number of benzene rings is 1. The lowest BCUT2D eigenvalue weighted by Crippen LogP contribution is -2.36. The third kappa shape index (κ3) is 3.75. The van der Waals surface area contributed by atoms with Crippen molar-refractivity contribution >= 4 is 15.7 Å². The highest BCUT2D eigenvalue weighted by Gasteiger charge is 2.24. The van der Waals surface area contributed by atoms with Crippen molar-refractivity contribution in [1.82, 2.24) is 4.31 Å². The van der Waals surface area contributed by atoms with Crippen molar-refractivity contribution in [1.29, 1.82) is 0 Å². The fourth-order valence-corrected chi connectivity index (χ4v) is 3.73. The molecular weight excluding hydrogens is 286 g/mol. The standard InChI is InChI=1S/C15H25N3O2S/c1-18(2)21(19,20)14-9-7-13(8-10-14)17-15-6-4-3-5-12(15)11-16/h7-10,12,15,17H,3-6,11,16H2,1-2H3. The van der Waals surface area contributed by atoms with Gasteiger partial charge in [0.2, 0.25) is 10.0 Å². The van der Waals surface area contributed by atoms with Gasteiger partial charge in [0, 0.05) is 25.8 Å². The molecule has 1 fully saturated rings. The molecule has 5 nitrogen and oxygen atoms in total. The highest BCUT2D eigenvalue weighted by Crippen LogP contribution is 2.27. The van der Waals surface area contributed by atoms with E-state index >= 15 is 0 Å². The minimum atomic E-state index is -3.36. The van der Waals surface area contributed by atoms with Gasteiger partial charge < -0.3 is 11.1 Å². The number of hydrogen-bond donors (Lipinski definition) is 2. The predicted molar refractivity (Wildman–Crippen MR) is 85.7 cm³/mol. The Kier molecular flexibility index (Phi) is 5.24. The molecule has 0 spiro atoms. The van der Waals surface area contributed by atoms with Gasteiger partial charge in [-0.3, -0.25) is 0 Å². The first-order chi connectivity index (χ1) is 9.95. The molecule has 1 aromatic carbocycles. The molecule has 1 aliphatic carbocycles. The van der Waals surface area contributed by atoms with Crippen LogP contribution in [0.15, 0.2) is 29.2 Å². The Morgan fingerprint density at radius 2 is 1.81 bits per heavy atom. The largest absolute Gasteiger partial charge is 0.382 e. The summed E-state index contributed by atoms with van der Waals surface area (Å²) in [5.41, 5.74) is 6.79. The third-order valence-corrected chi connectivity index (χ3v) is 6.03. The monoisotopic (exact) mass is 311 g/mol. The van der Waals surface area contributed by atoms with Gasteiger partial charge in [-0.15, -0.1) is 0 Å². The molecule has 1 saturated carbocycles. The van der Waals surface area contributed by atoms with Gasteiger partial charge in [0.1, 0.15) is 0 Å². The zero-order valence-corrected chi connectivity index (χ0v) is 13.6. The van der Waals surface area contributed by atoms with Gasteiger partial charge in [0.25, 0.3) is 0 Å². The van der Waals surface area contributed by atoms with Gasteiger partial charge >= 0.3 is 0 Å². The summed E-state index contributed by atoms with van der Waals surface area (Å²) in [7, 11) is -0.282. The molecule has 0 saturated heterocycles. The van der Waals surface area contributed by atoms with E-state index < -0.39 is 10.0 Å². The third-order valence-electron chi connectivity index (χ3n) is 4.20. The molecule has 0 heterocycles. The molecular formula is C15H25N3O2S. The second-order valence-electron chi connectivity index (χ2n) is 5.84. The molecule has 1 aromatic rings. The average molecular weight is 311 g/mol. The lowest BCUT2D eigenvalue weighted by atomic mass is 9.84. The van der Waals surface area contributed by atoms with Gasteiger partial charge in [0.15, 0.2) is 0 Å². The van der Waals surface area contributed by atoms with Gasteiger partial charge in [-0.25, -0.2) is 12.7 Å². The van der Waals surface area contributed by atoms with E-state index in [1.54, 1.807) is 12.1 Å². The Morgan fingerprint density at radius 3 is 2.38 bits per heavy atom. The second-order valence-corrected chi connectivity index (χ2v) is 7.99. The molecule has 0 aromatic heterocycles. The SMILES string of the molecule is CN(C)S(=O)(=O)c1ccc(NC2CCCCC2CN)cc1. The lowest BCUT2D eigenvalue weighted by molar-refractivity contribution is 0.332. The first-order valence-corrected chi connectivity index (χ1v) is 8.88. The zero-order chi connectivity index (χ0) is 15.5. The Bertz CT molecular complexity index is 555. The number of nitrogens with zero attached hydrogens (tertiary/aromatic N) is 1. The molecule has 3 N–H and O–H groups in total. The van der Waals surface area contributed by atoms with E-state index in [-0.39, 0.29) is 0 Å². The number of nitrogens with one attached hydrogen (secondary N) is 1. The molecule has 2 atom stereocenters. The van der Waals surface area contributed by atoms with Crippen molar-refractivity contribution in [3.63, 3.8) is 0 Å². The van der Waals surface area contributed by atoms with Crippen LogP contribution in [-0.2, 0) is 10.0 Å². The van der Waals surface area contributed by atoms with E-state index in [9.17, 15) is 8.42 Å². The normalized spacial score (nSPS) is 23.2. The average Bonchev–Trinajstić information content (AvgIpc) is 2.48. The van der Waals surface area contributed by atoms with Gasteiger partial charge in [0.05, 0.1) is 4.90 Å². The number of anilines is 1. The predicted octanol–water partition coefficient (Wildman–Crippen LogP) is 1.87. The van der Waals surface area contributed by atoms with Gasteiger partial charge in [-0.1, -0.05) is 12.8 Å². The first kappa shape index (κ1) is 16.3. The maximum atomic E-state index is 12.0. The number of nitrogens with two attached hydrogens (primary N) is 1. The maximum absolute atomic E-state index is 12.0. The van der Waals surface area contributed by atoms with Crippen LogP contribution in [-0.4, -0.2) is 39.4 Å². The Morgan fingerprint density at radius 1 is 1.19 bits per heavy atom. The van der Waals surface area contributed by atoms with Crippen molar-refractivity contribution in [2.75, 3.05) is 26.0 Å². The van der Waals surface area contributed by atoms with E-state index in [0.29, 0.717) is 23.4 Å². The second kappa shape index (κ2) is 6.77. The van der Waals surface area contributed by atoms with Crippen molar-refractivity contribution in [3.05, 3.63) is 24.3 Å². The summed E-state index contributed by atoms with van der Waals surface area (Å²) in [4.78, 5) is 0.317. The Balaban J connectivity index is 2.09. The lowest BCUT2D eigenvalue weighted by Gasteiger charge is -2.32. The van der Waals surface area contributed by atoms with Crippen molar-refractivity contribution < 1.29 is 8.42 Å². The number of rotatable bonds is 5. The van der Waals surface area contributed by atoms with Gasteiger partial charge in [-0.2, -0.15) is 0 Å². The summed E-state index contributed by atoms with van der Waals surface area (Å²) in [6, 6.07) is 7.35. The van der Waals surface area contributed by atoms with Crippen molar-refractivity contribution in [2.45, 2.75) is 36.6 Å². The minimum Gasteiger partial charge on any atom is -0.382 e. The molecule has 0 amide bonds. The Labute approximate surface area is 127 Å². The van der Waals surface area contributed by atoms with E-state index in [1.165, 1.54) is 37.7 Å². The maximum Gasteiger partial charge on any atom is 0.242 e. The summed E-state index contributed by atoms with van der Waals surface area (Å²) in [6.07, 6.45) is 4.77. The smallest absolute Gasteiger partial charge is 0.242 e. The van der Waals surface area contributed by atoms with Crippen LogP contribution < -0.4 is 11.1 Å². The van der Waals surface area contributed by atoms with E-state index in [4.69, 9.17) is 5.73 Å². The van der Waals surface area contributed by atoms with Gasteiger partial charge in [-0.05, 0) is 49.6 Å². The molecule has 21 heavy (non-hydrogen) atoms. The van der Waals surface area contributed by atoms with Crippen LogP contribution in [0.5, 0.6) is 0 Å². The van der Waals surface area contributed by atoms with Crippen LogP contribution in [0.25, 0.3) is 0 Å². The summed E-state index contributed by atoms with van der Waals surface area (Å²) >= 11 is 0. The van der Waals surface area contributed by atoms with E-state index in [1.807, 2.05) is 12.1 Å². The molecule has 6 heteroatoms. The van der Waals surface area contributed by atoms with E-state index in [2.05, 4.69) is 5.32 Å². The Hall–Kier alpha value is -1.11. The summed E-state index contributed by atoms with van der Waals surface area (Å²) in [5.74, 6) is 0.504. The topological polar surface area (TPSA) is 75.4 Å². The molecule has 0 aliphatic heterocycles. The molecule has 2 unspecified atom stereocenters. The molecule has 0 radical (unpaired) electrons. The summed E-state index contributed by atoms with van der Waals surface area (Å²) in [5, 5.41) is 3.50. The van der Waals surface area contributed by atoms with Crippen molar-refractivity contribution in [2.24, 2.45) is 11.7 Å². The minimum absolute atomic E-state index is 0.317. The quantitative estimate of drug-likeness (QED) is 0.870. The first-order valence-electron chi connectivity index (χ1n) is 7.44. The summed E-state index contributed by atoms with van der Waals surface area (Å²) in [6.45, 7) is 0.699. The molecule has 2 rings (SSSR count). The number of sulfonamides is 1. The fraction of sp³-hybridized carbons (Fsp3) is 0.600. The fourth-order valence-electron chi connectivity index (χ4n) is 2.83.